The molecule has 2 bridgehead atoms. The molecule has 3 aliphatic rings. The Kier molecular flexibility index (Phi) is 4.07. The van der Waals surface area contributed by atoms with Crippen molar-refractivity contribution in [1.29, 1.82) is 0 Å². The molecule has 0 radical (unpaired) electrons. The summed E-state index contributed by atoms with van der Waals surface area (Å²) in [4.78, 5) is 19.5. The normalized spacial score (nSPS) is 24.4. The minimum absolute atomic E-state index is 0.0314. The number of aromatic nitrogens is 1. The van der Waals surface area contributed by atoms with E-state index in [1.165, 1.54) is 12.8 Å². The number of ether oxygens (including phenoxy) is 2. The largest absolute Gasteiger partial charge is 0.454 e. The van der Waals surface area contributed by atoms with Gasteiger partial charge in [-0.2, -0.15) is 0 Å². The molecule has 3 atom stereocenters. The van der Waals surface area contributed by atoms with Gasteiger partial charge in [-0.25, -0.2) is 0 Å². The summed E-state index contributed by atoms with van der Waals surface area (Å²) in [7, 11) is 0. The van der Waals surface area contributed by atoms with Gasteiger partial charge in [0, 0.05) is 31.0 Å². The second kappa shape index (κ2) is 6.72. The van der Waals surface area contributed by atoms with Gasteiger partial charge in [0.25, 0.3) is 5.91 Å². The zero-order chi connectivity index (χ0) is 18.2. The molecule has 0 saturated heterocycles. The molecule has 138 valence electrons. The molecule has 1 aliphatic heterocycles. The van der Waals surface area contributed by atoms with Crippen LogP contribution in [0.1, 0.15) is 28.8 Å². The van der Waals surface area contributed by atoms with Crippen LogP contribution in [0.4, 0.5) is 0 Å². The first kappa shape index (κ1) is 16.4. The molecule has 5 nitrogen and oxygen atoms in total. The van der Waals surface area contributed by atoms with Crippen LogP contribution in [-0.4, -0.2) is 29.1 Å². The highest BCUT2D eigenvalue weighted by Crippen LogP contribution is 2.44. The maximum absolute atomic E-state index is 13.3. The maximum atomic E-state index is 13.3. The summed E-state index contributed by atoms with van der Waals surface area (Å²) in [5.74, 6) is 3.21. The fraction of sp³-hybridized carbons (Fsp3) is 0.364. The van der Waals surface area contributed by atoms with E-state index in [1.807, 2.05) is 35.4 Å². The minimum atomic E-state index is 0.0314. The van der Waals surface area contributed by atoms with Crippen molar-refractivity contribution in [2.24, 2.45) is 17.8 Å². The third-order valence-electron chi connectivity index (χ3n) is 5.87. The van der Waals surface area contributed by atoms with Crippen molar-refractivity contribution in [3.63, 3.8) is 0 Å². The molecule has 2 aromatic rings. The first-order valence-corrected chi connectivity index (χ1v) is 9.52. The quantitative estimate of drug-likeness (QED) is 0.762. The second-order valence-electron chi connectivity index (χ2n) is 7.66. The van der Waals surface area contributed by atoms with Crippen LogP contribution in [0.25, 0.3) is 0 Å². The van der Waals surface area contributed by atoms with Crippen LogP contribution in [0.15, 0.2) is 54.9 Å². The summed E-state index contributed by atoms with van der Waals surface area (Å²) < 4.78 is 10.8. The van der Waals surface area contributed by atoms with E-state index in [-0.39, 0.29) is 12.7 Å². The smallest absolute Gasteiger partial charge is 0.254 e. The molecule has 1 aromatic heterocycles. The number of carbonyl (C=O) groups is 1. The molecule has 0 unspecified atom stereocenters. The topological polar surface area (TPSA) is 51.7 Å². The Bertz CT molecular complexity index is 880. The zero-order valence-corrected chi connectivity index (χ0v) is 15.1. The highest BCUT2D eigenvalue weighted by Gasteiger charge is 2.37. The van der Waals surface area contributed by atoms with E-state index in [0.717, 1.165) is 12.1 Å². The van der Waals surface area contributed by atoms with Crippen LogP contribution in [-0.2, 0) is 6.54 Å². The van der Waals surface area contributed by atoms with Crippen molar-refractivity contribution in [2.45, 2.75) is 19.4 Å². The van der Waals surface area contributed by atoms with Crippen molar-refractivity contribution in [1.82, 2.24) is 9.88 Å². The van der Waals surface area contributed by atoms with Crippen molar-refractivity contribution in [3.05, 3.63) is 66.0 Å². The van der Waals surface area contributed by atoms with Crippen molar-refractivity contribution >= 4 is 5.91 Å². The first-order chi connectivity index (χ1) is 13.3. The lowest BCUT2D eigenvalue weighted by Gasteiger charge is -2.29. The van der Waals surface area contributed by atoms with Gasteiger partial charge in [-0.15, -0.1) is 0 Å². The highest BCUT2D eigenvalue weighted by molar-refractivity contribution is 5.95. The van der Waals surface area contributed by atoms with Crippen LogP contribution < -0.4 is 9.47 Å². The van der Waals surface area contributed by atoms with Gasteiger partial charge in [0.15, 0.2) is 11.5 Å². The molecular formula is C22H22N2O3. The number of pyridine rings is 1. The monoisotopic (exact) mass is 362 g/mol. The molecule has 1 aromatic carbocycles. The fourth-order valence-corrected chi connectivity index (χ4v) is 4.53. The van der Waals surface area contributed by atoms with E-state index >= 15 is 0 Å². The van der Waals surface area contributed by atoms with Gasteiger partial charge in [-0.3, -0.25) is 9.78 Å². The van der Waals surface area contributed by atoms with Crippen molar-refractivity contribution in [3.8, 4) is 11.5 Å². The molecule has 1 fully saturated rings. The lowest BCUT2D eigenvalue weighted by atomic mass is 9.92. The Balaban J connectivity index is 1.40. The van der Waals surface area contributed by atoms with Crippen LogP contribution in [0.3, 0.4) is 0 Å². The number of fused-ring (bicyclic) bond motifs is 3. The van der Waals surface area contributed by atoms with E-state index in [1.54, 1.807) is 12.3 Å². The molecule has 1 saturated carbocycles. The van der Waals surface area contributed by atoms with E-state index in [9.17, 15) is 4.79 Å². The predicted molar refractivity (Wildman–Crippen MR) is 100 cm³/mol. The van der Waals surface area contributed by atoms with Gasteiger partial charge in [0.1, 0.15) is 0 Å². The molecule has 1 amide bonds. The van der Waals surface area contributed by atoms with E-state index < -0.39 is 0 Å². The Morgan fingerprint density at radius 2 is 2.07 bits per heavy atom. The van der Waals surface area contributed by atoms with E-state index in [4.69, 9.17) is 9.47 Å². The third-order valence-corrected chi connectivity index (χ3v) is 5.87. The summed E-state index contributed by atoms with van der Waals surface area (Å²) in [5, 5.41) is 0. The summed E-state index contributed by atoms with van der Waals surface area (Å²) in [6.07, 6.45) is 10.7. The van der Waals surface area contributed by atoms with Gasteiger partial charge < -0.3 is 14.4 Å². The molecule has 5 rings (SSSR count). The predicted octanol–water partition coefficient (Wildman–Crippen LogP) is 3.66. The van der Waals surface area contributed by atoms with Crippen molar-refractivity contribution < 1.29 is 14.3 Å². The van der Waals surface area contributed by atoms with Gasteiger partial charge in [0.2, 0.25) is 6.79 Å². The van der Waals surface area contributed by atoms with Crippen LogP contribution in [0.2, 0.25) is 0 Å². The van der Waals surface area contributed by atoms with Crippen molar-refractivity contribution in [2.75, 3.05) is 13.3 Å². The number of benzene rings is 1. The van der Waals surface area contributed by atoms with Gasteiger partial charge in [0.05, 0.1) is 0 Å². The molecule has 2 heterocycles. The van der Waals surface area contributed by atoms with Crippen LogP contribution in [0.5, 0.6) is 11.5 Å². The summed E-state index contributed by atoms with van der Waals surface area (Å²) in [6.45, 7) is 1.55. The number of carbonyl (C=O) groups excluding carboxylic acids is 1. The average Bonchev–Trinajstić information content (AvgIpc) is 3.44. The number of hydrogen-bond donors (Lipinski definition) is 0. The molecular weight excluding hydrogens is 340 g/mol. The van der Waals surface area contributed by atoms with Gasteiger partial charge in [-0.1, -0.05) is 18.2 Å². The Morgan fingerprint density at radius 1 is 1.15 bits per heavy atom. The molecule has 27 heavy (non-hydrogen) atoms. The Labute approximate surface area is 158 Å². The highest BCUT2D eigenvalue weighted by atomic mass is 16.7. The number of rotatable bonds is 5. The summed E-state index contributed by atoms with van der Waals surface area (Å²) in [6, 6.07) is 9.37. The lowest BCUT2D eigenvalue weighted by molar-refractivity contribution is 0.0704. The second-order valence-corrected chi connectivity index (χ2v) is 7.66. The Morgan fingerprint density at radius 3 is 2.85 bits per heavy atom. The maximum Gasteiger partial charge on any atom is 0.254 e. The number of nitrogens with zero attached hydrogens (tertiary/aromatic N) is 2. The van der Waals surface area contributed by atoms with E-state index in [0.29, 0.717) is 41.4 Å². The number of allylic oxidation sites excluding steroid dienone is 2. The lowest BCUT2D eigenvalue weighted by Crippen LogP contribution is -2.36. The molecule has 0 N–H and O–H groups in total. The Hall–Kier alpha value is -2.82. The molecule has 2 aliphatic carbocycles. The zero-order valence-electron chi connectivity index (χ0n) is 15.1. The first-order valence-electron chi connectivity index (χ1n) is 9.52. The SMILES string of the molecule is O=C(c1ccc2c(c1)OCO2)N(Cc1cccnc1)C[C@@H]1C[C@@H]2C=C[C@H]1C2. The number of amides is 1. The summed E-state index contributed by atoms with van der Waals surface area (Å²) in [5.41, 5.74) is 1.69. The molecule has 5 heteroatoms. The van der Waals surface area contributed by atoms with Crippen LogP contribution >= 0.6 is 0 Å². The fourth-order valence-electron chi connectivity index (χ4n) is 4.53. The third kappa shape index (κ3) is 3.18. The average molecular weight is 362 g/mol. The van der Waals surface area contributed by atoms with E-state index in [2.05, 4.69) is 17.1 Å². The summed E-state index contributed by atoms with van der Waals surface area (Å²) >= 11 is 0. The van der Waals surface area contributed by atoms with Gasteiger partial charge >= 0.3 is 0 Å². The standard InChI is InChI=1S/C22H22N2O3/c25-22(18-5-6-20-21(10-18)27-14-26-20)24(12-16-2-1-7-23-11-16)13-19-9-15-3-4-17(19)8-15/h1-7,10-11,15,17,19H,8-9,12-14H2/t15-,17+,19+/m1/s1. The van der Waals surface area contributed by atoms with Crippen LogP contribution in [0, 0.1) is 17.8 Å². The minimum Gasteiger partial charge on any atom is -0.454 e. The van der Waals surface area contributed by atoms with Gasteiger partial charge in [-0.05, 0) is 60.4 Å². The number of hydrogen-bond acceptors (Lipinski definition) is 4. The molecule has 0 spiro atoms.